The smallest absolute Gasteiger partial charge is 0.408 e. The van der Waals surface area contributed by atoms with Gasteiger partial charge in [0.1, 0.15) is 5.60 Å². The molecule has 1 atom stereocenters. The number of ether oxygens (including phenoxy) is 2. The number of nitrogens with one attached hydrogen (secondary N) is 1. The van der Waals surface area contributed by atoms with Gasteiger partial charge in [0.25, 0.3) is 0 Å². The predicted molar refractivity (Wildman–Crippen MR) is 65.1 cm³/mol. The van der Waals surface area contributed by atoms with Crippen LogP contribution in [0.25, 0.3) is 0 Å². The zero-order valence-corrected chi connectivity index (χ0v) is 11.1. The molecule has 0 radical (unpaired) electrons. The summed E-state index contributed by atoms with van der Waals surface area (Å²) in [6, 6.07) is 0. The van der Waals surface area contributed by atoms with Crippen molar-refractivity contribution in [3.05, 3.63) is 0 Å². The molecule has 6 heteroatoms. The Morgan fingerprint density at radius 1 is 1.56 bits per heavy atom. The lowest BCUT2D eigenvalue weighted by atomic mass is 9.94. The van der Waals surface area contributed by atoms with Crippen molar-refractivity contribution in [1.82, 2.24) is 5.32 Å². The Morgan fingerprint density at radius 2 is 2.28 bits per heavy atom. The highest BCUT2D eigenvalue weighted by atomic mass is 16.6. The third-order valence-corrected chi connectivity index (χ3v) is 2.64. The van der Waals surface area contributed by atoms with Gasteiger partial charge in [0.05, 0.1) is 18.7 Å². The van der Waals surface area contributed by atoms with Crippen LogP contribution in [-0.2, 0) is 14.3 Å². The molecule has 0 aromatic heterocycles. The lowest BCUT2D eigenvalue weighted by molar-refractivity contribution is 0.0435. The molecule has 1 heterocycles. The highest BCUT2D eigenvalue weighted by Crippen LogP contribution is 2.23. The molecule has 1 rings (SSSR count). The molecule has 0 aromatic rings. The minimum absolute atomic E-state index is 0.322. The Labute approximate surface area is 107 Å². The van der Waals surface area contributed by atoms with Gasteiger partial charge in [-0.3, -0.25) is 0 Å². The maximum atomic E-state index is 11.8. The van der Waals surface area contributed by atoms with E-state index in [9.17, 15) is 9.59 Å². The Morgan fingerprint density at radius 3 is 2.78 bits per heavy atom. The fraction of sp³-hybridized carbons (Fsp3) is 0.833. The predicted octanol–water partition coefficient (Wildman–Crippen LogP) is 1.40. The Bertz CT molecular complexity index is 336. The quantitative estimate of drug-likeness (QED) is 0.609. The zero-order valence-electron chi connectivity index (χ0n) is 11.1. The van der Waals surface area contributed by atoms with Crippen molar-refractivity contribution < 1.29 is 19.1 Å². The number of hydrogen-bond donors (Lipinski definition) is 1. The van der Waals surface area contributed by atoms with Crippen molar-refractivity contribution in [2.45, 2.75) is 44.8 Å². The van der Waals surface area contributed by atoms with E-state index in [-0.39, 0.29) is 0 Å². The third-order valence-electron chi connectivity index (χ3n) is 2.64. The molecule has 0 saturated carbocycles. The first-order valence-electron chi connectivity index (χ1n) is 5.99. The van der Waals surface area contributed by atoms with Crippen LogP contribution < -0.4 is 5.32 Å². The van der Waals surface area contributed by atoms with Crippen LogP contribution in [0.4, 0.5) is 4.79 Å². The molecular weight excluding hydrogens is 236 g/mol. The lowest BCUT2D eigenvalue weighted by Gasteiger charge is -2.29. The average Bonchev–Trinajstić information content (AvgIpc) is 2.64. The van der Waals surface area contributed by atoms with Gasteiger partial charge in [-0.15, -0.1) is 0 Å². The summed E-state index contributed by atoms with van der Waals surface area (Å²) in [5, 5.41) is 2.83. The minimum Gasteiger partial charge on any atom is -0.444 e. The minimum atomic E-state index is -0.536. The SMILES string of the molecule is CC(C)(C)OC(=O)NC1(CCN=C=O)CCOC1. The summed E-state index contributed by atoms with van der Waals surface area (Å²) in [6.45, 7) is 6.74. The van der Waals surface area contributed by atoms with Gasteiger partial charge < -0.3 is 14.8 Å². The number of amides is 1. The van der Waals surface area contributed by atoms with E-state index >= 15 is 0 Å². The van der Waals surface area contributed by atoms with E-state index in [2.05, 4.69) is 10.3 Å². The Kier molecular flexibility index (Phi) is 4.87. The summed E-state index contributed by atoms with van der Waals surface area (Å²) in [6.07, 6.45) is 2.26. The fourth-order valence-electron chi connectivity index (χ4n) is 1.80. The number of isocyanates is 1. The molecule has 1 aliphatic rings. The first-order chi connectivity index (χ1) is 8.37. The normalized spacial score (nSPS) is 23.3. The van der Waals surface area contributed by atoms with Crippen molar-refractivity contribution in [1.29, 1.82) is 0 Å². The second-order valence-corrected chi connectivity index (χ2v) is 5.43. The number of alkyl carbamates (subject to hydrolysis) is 1. The Hall–Kier alpha value is -1.39. The summed E-state index contributed by atoms with van der Waals surface area (Å²) in [5.74, 6) is 0. The van der Waals surface area contributed by atoms with Crippen LogP contribution in [-0.4, -0.2) is 43.1 Å². The molecule has 6 nitrogen and oxygen atoms in total. The summed E-state index contributed by atoms with van der Waals surface area (Å²) in [7, 11) is 0. The van der Waals surface area contributed by atoms with Gasteiger partial charge in [-0.25, -0.2) is 14.6 Å². The topological polar surface area (TPSA) is 77.0 Å². The van der Waals surface area contributed by atoms with E-state index in [1.54, 1.807) is 20.8 Å². The second kappa shape index (κ2) is 5.98. The van der Waals surface area contributed by atoms with Gasteiger partial charge in [0.15, 0.2) is 0 Å². The molecule has 0 bridgehead atoms. The number of carbonyl (C=O) groups excluding carboxylic acids is 2. The van der Waals surface area contributed by atoms with Crippen LogP contribution in [0, 0.1) is 0 Å². The summed E-state index contributed by atoms with van der Waals surface area (Å²) in [4.78, 5) is 25.3. The molecule has 0 aliphatic carbocycles. The van der Waals surface area contributed by atoms with Gasteiger partial charge in [-0.1, -0.05) is 0 Å². The van der Waals surface area contributed by atoms with Gasteiger partial charge in [-0.05, 0) is 33.6 Å². The molecule has 1 amide bonds. The van der Waals surface area contributed by atoms with Crippen LogP contribution >= 0.6 is 0 Å². The molecule has 0 spiro atoms. The molecule has 18 heavy (non-hydrogen) atoms. The van der Waals surface area contributed by atoms with Crippen molar-refractivity contribution in [3.63, 3.8) is 0 Å². The molecule has 1 saturated heterocycles. The van der Waals surface area contributed by atoms with Crippen molar-refractivity contribution in [2.24, 2.45) is 4.99 Å². The number of nitrogens with zero attached hydrogens (tertiary/aromatic N) is 1. The summed E-state index contributed by atoms with van der Waals surface area (Å²) >= 11 is 0. The monoisotopic (exact) mass is 256 g/mol. The third kappa shape index (κ3) is 4.85. The average molecular weight is 256 g/mol. The molecule has 1 unspecified atom stereocenters. The number of rotatable bonds is 4. The number of aliphatic imine (C=N–C) groups is 1. The van der Waals surface area contributed by atoms with Crippen molar-refractivity contribution in [3.8, 4) is 0 Å². The highest BCUT2D eigenvalue weighted by Gasteiger charge is 2.37. The van der Waals surface area contributed by atoms with E-state index < -0.39 is 17.2 Å². The van der Waals surface area contributed by atoms with Crippen LogP contribution in [0.3, 0.4) is 0 Å². The number of carbonyl (C=O) groups is 1. The first kappa shape index (κ1) is 14.7. The van der Waals surface area contributed by atoms with Gasteiger partial charge in [0, 0.05) is 6.61 Å². The van der Waals surface area contributed by atoms with Crippen molar-refractivity contribution in [2.75, 3.05) is 19.8 Å². The van der Waals surface area contributed by atoms with Crippen LogP contribution in [0.1, 0.15) is 33.6 Å². The van der Waals surface area contributed by atoms with Crippen LogP contribution in [0.2, 0.25) is 0 Å². The maximum Gasteiger partial charge on any atom is 0.408 e. The fourth-order valence-corrected chi connectivity index (χ4v) is 1.80. The lowest BCUT2D eigenvalue weighted by Crippen LogP contribution is -2.51. The molecule has 0 aromatic carbocycles. The summed E-state index contributed by atoms with van der Waals surface area (Å²) in [5.41, 5.74) is -1.02. The second-order valence-electron chi connectivity index (χ2n) is 5.43. The largest absolute Gasteiger partial charge is 0.444 e. The maximum absolute atomic E-state index is 11.8. The van der Waals surface area contributed by atoms with E-state index in [0.717, 1.165) is 0 Å². The molecular formula is C12H20N2O4. The van der Waals surface area contributed by atoms with E-state index in [0.29, 0.717) is 32.6 Å². The van der Waals surface area contributed by atoms with Gasteiger partial charge in [-0.2, -0.15) is 0 Å². The standard InChI is InChI=1S/C12H20N2O4/c1-11(2,3)18-10(16)14-12(4-6-13-9-15)5-7-17-8-12/h4-8H2,1-3H3,(H,14,16). The van der Waals surface area contributed by atoms with Crippen LogP contribution in [0.5, 0.6) is 0 Å². The van der Waals surface area contributed by atoms with Crippen molar-refractivity contribution >= 4 is 12.2 Å². The molecule has 102 valence electrons. The summed E-state index contributed by atoms with van der Waals surface area (Å²) < 4.78 is 10.5. The number of hydrogen-bond acceptors (Lipinski definition) is 5. The molecule has 1 N–H and O–H groups in total. The van der Waals surface area contributed by atoms with E-state index in [1.807, 2.05) is 0 Å². The van der Waals surface area contributed by atoms with Gasteiger partial charge >= 0.3 is 6.09 Å². The van der Waals surface area contributed by atoms with Crippen LogP contribution in [0.15, 0.2) is 4.99 Å². The van der Waals surface area contributed by atoms with E-state index in [4.69, 9.17) is 9.47 Å². The first-order valence-corrected chi connectivity index (χ1v) is 5.99. The van der Waals surface area contributed by atoms with Gasteiger partial charge in [0.2, 0.25) is 6.08 Å². The molecule has 1 aliphatic heterocycles. The molecule has 1 fully saturated rings. The highest BCUT2D eigenvalue weighted by molar-refractivity contribution is 5.68. The zero-order chi connectivity index (χ0) is 13.6. The van der Waals surface area contributed by atoms with E-state index in [1.165, 1.54) is 6.08 Å². The Balaban J connectivity index is 2.56.